The zero-order chi connectivity index (χ0) is 15.9. The van der Waals surface area contributed by atoms with Crippen LogP contribution in [0.5, 0.6) is 5.75 Å². The van der Waals surface area contributed by atoms with Gasteiger partial charge in [-0.3, -0.25) is 4.79 Å². The third-order valence-corrected chi connectivity index (χ3v) is 3.61. The van der Waals surface area contributed by atoms with Gasteiger partial charge in [0.2, 0.25) is 0 Å². The molecule has 2 rings (SSSR count). The zero-order valence-corrected chi connectivity index (χ0v) is 14.1. The van der Waals surface area contributed by atoms with Gasteiger partial charge in [-0.05, 0) is 53.0 Å². The lowest BCUT2D eigenvalue weighted by Gasteiger charge is -2.08. The van der Waals surface area contributed by atoms with Crippen LogP contribution >= 0.6 is 15.9 Å². The van der Waals surface area contributed by atoms with Crippen molar-refractivity contribution in [3.63, 3.8) is 0 Å². The zero-order valence-electron chi connectivity index (χ0n) is 12.5. The van der Waals surface area contributed by atoms with Crippen molar-refractivity contribution in [2.45, 2.75) is 13.8 Å². The van der Waals surface area contributed by atoms with Gasteiger partial charge in [0.1, 0.15) is 5.75 Å². The van der Waals surface area contributed by atoms with Crippen LogP contribution in [0.4, 0.5) is 0 Å². The summed E-state index contributed by atoms with van der Waals surface area (Å²) < 4.78 is 6.29. The van der Waals surface area contributed by atoms with Gasteiger partial charge in [-0.2, -0.15) is 5.10 Å². The van der Waals surface area contributed by atoms with Crippen molar-refractivity contribution in [1.82, 2.24) is 5.43 Å². The fraction of sp³-hybridized carbons (Fsp3) is 0.176. The van der Waals surface area contributed by atoms with Crippen LogP contribution in [0.1, 0.15) is 18.1 Å². The Bertz CT molecular complexity index is 684. The van der Waals surface area contributed by atoms with Gasteiger partial charge in [-0.1, -0.05) is 36.4 Å². The third-order valence-electron chi connectivity index (χ3n) is 2.99. The van der Waals surface area contributed by atoms with E-state index in [0.717, 1.165) is 21.3 Å². The lowest BCUT2D eigenvalue weighted by molar-refractivity contribution is -0.123. The summed E-state index contributed by atoms with van der Waals surface area (Å²) in [7, 11) is 0. The molecule has 5 heteroatoms. The first-order chi connectivity index (χ1) is 10.6. The molecule has 0 saturated heterocycles. The number of hydrogen-bond acceptors (Lipinski definition) is 3. The third kappa shape index (κ3) is 4.70. The van der Waals surface area contributed by atoms with Crippen LogP contribution in [0, 0.1) is 6.92 Å². The molecule has 2 aromatic rings. The second kappa shape index (κ2) is 7.75. The quantitative estimate of drug-likeness (QED) is 0.653. The average Bonchev–Trinajstić information content (AvgIpc) is 2.52. The maximum Gasteiger partial charge on any atom is 0.277 e. The molecule has 1 N–H and O–H groups in total. The molecule has 1 amide bonds. The van der Waals surface area contributed by atoms with E-state index < -0.39 is 0 Å². The number of benzene rings is 2. The predicted octanol–water partition coefficient (Wildman–Crippen LogP) is 3.68. The number of nitrogens with one attached hydrogen (secondary N) is 1. The number of nitrogens with zero attached hydrogens (tertiary/aromatic N) is 1. The molecule has 4 nitrogen and oxygen atoms in total. The molecular formula is C17H17BrN2O2. The van der Waals surface area contributed by atoms with Gasteiger partial charge in [-0.25, -0.2) is 5.43 Å². The molecule has 2 aromatic carbocycles. The minimum absolute atomic E-state index is 0.0900. The van der Waals surface area contributed by atoms with Crippen LogP contribution < -0.4 is 10.2 Å². The molecule has 0 aliphatic heterocycles. The molecule has 22 heavy (non-hydrogen) atoms. The molecule has 0 heterocycles. The van der Waals surface area contributed by atoms with Crippen LogP contribution in [0.15, 0.2) is 58.1 Å². The van der Waals surface area contributed by atoms with Crippen molar-refractivity contribution >= 4 is 27.5 Å². The minimum atomic E-state index is -0.303. The molecule has 114 valence electrons. The molecule has 0 unspecified atom stereocenters. The van der Waals surface area contributed by atoms with E-state index in [1.165, 1.54) is 0 Å². The summed E-state index contributed by atoms with van der Waals surface area (Å²) in [5.74, 6) is 0.326. The highest BCUT2D eigenvalue weighted by atomic mass is 79.9. The number of aryl methyl sites for hydroxylation is 1. The van der Waals surface area contributed by atoms with Gasteiger partial charge in [-0.15, -0.1) is 0 Å². The van der Waals surface area contributed by atoms with Gasteiger partial charge < -0.3 is 4.74 Å². The van der Waals surface area contributed by atoms with Crippen molar-refractivity contribution in [3.05, 3.63) is 64.1 Å². The summed E-state index contributed by atoms with van der Waals surface area (Å²) in [4.78, 5) is 11.8. The maximum absolute atomic E-state index is 11.8. The van der Waals surface area contributed by atoms with E-state index in [9.17, 15) is 4.79 Å². The van der Waals surface area contributed by atoms with Gasteiger partial charge in [0.15, 0.2) is 6.61 Å². The van der Waals surface area contributed by atoms with Gasteiger partial charge >= 0.3 is 0 Å². The average molecular weight is 361 g/mol. The molecule has 0 fully saturated rings. The van der Waals surface area contributed by atoms with Crippen LogP contribution in [0.25, 0.3) is 0 Å². The van der Waals surface area contributed by atoms with Crippen molar-refractivity contribution in [2.24, 2.45) is 5.10 Å². The van der Waals surface area contributed by atoms with Crippen LogP contribution in [-0.2, 0) is 4.79 Å². The summed E-state index contributed by atoms with van der Waals surface area (Å²) in [6.45, 7) is 3.74. The fourth-order valence-electron chi connectivity index (χ4n) is 1.79. The molecule has 0 saturated carbocycles. The summed E-state index contributed by atoms with van der Waals surface area (Å²) in [5, 5.41) is 4.07. The van der Waals surface area contributed by atoms with Crippen molar-refractivity contribution in [1.29, 1.82) is 0 Å². The topological polar surface area (TPSA) is 50.7 Å². The highest BCUT2D eigenvalue weighted by Gasteiger charge is 2.05. The first-order valence-corrected chi connectivity index (χ1v) is 7.63. The van der Waals surface area contributed by atoms with E-state index in [1.807, 2.05) is 62.4 Å². The minimum Gasteiger partial charge on any atom is -0.483 e. The number of hydrogen-bond donors (Lipinski definition) is 1. The first-order valence-electron chi connectivity index (χ1n) is 6.84. The Morgan fingerprint density at radius 2 is 1.95 bits per heavy atom. The highest BCUT2D eigenvalue weighted by Crippen LogP contribution is 2.25. The smallest absolute Gasteiger partial charge is 0.277 e. The Hall–Kier alpha value is -2.14. The standard InChI is InChI=1S/C17H17BrN2O2/c1-12-8-9-16(15(18)10-12)22-11-17(21)20-19-13(2)14-6-4-3-5-7-14/h3-10H,11H2,1-2H3,(H,20,21). The van der Waals surface area contributed by atoms with Crippen LogP contribution in [-0.4, -0.2) is 18.2 Å². The predicted molar refractivity (Wildman–Crippen MR) is 91.2 cm³/mol. The summed E-state index contributed by atoms with van der Waals surface area (Å²) >= 11 is 3.41. The number of hydrazone groups is 1. The molecule has 0 aliphatic carbocycles. The first kappa shape index (κ1) is 16.2. The SMILES string of the molecule is CC(=NNC(=O)COc1ccc(C)cc1Br)c1ccccc1. The highest BCUT2D eigenvalue weighted by molar-refractivity contribution is 9.10. The molecule has 0 atom stereocenters. The molecular weight excluding hydrogens is 344 g/mol. The summed E-state index contributed by atoms with van der Waals surface area (Å²) in [6, 6.07) is 15.3. The van der Waals surface area contributed by atoms with Crippen LogP contribution in [0.2, 0.25) is 0 Å². The lowest BCUT2D eigenvalue weighted by atomic mass is 10.1. The Morgan fingerprint density at radius 1 is 1.23 bits per heavy atom. The number of ether oxygens (including phenoxy) is 1. The molecule has 0 spiro atoms. The second-order valence-corrected chi connectivity index (χ2v) is 5.68. The summed E-state index contributed by atoms with van der Waals surface area (Å²) in [5.41, 5.74) is 5.31. The van der Waals surface area contributed by atoms with Gasteiger partial charge in [0.25, 0.3) is 5.91 Å². The molecule has 0 bridgehead atoms. The van der Waals surface area contributed by atoms with E-state index in [0.29, 0.717) is 5.75 Å². The maximum atomic E-state index is 11.8. The Kier molecular flexibility index (Phi) is 5.72. The van der Waals surface area contributed by atoms with Crippen LogP contribution in [0.3, 0.4) is 0 Å². The van der Waals surface area contributed by atoms with Crippen molar-refractivity contribution in [2.75, 3.05) is 6.61 Å². The number of carbonyl (C=O) groups is 1. The normalized spacial score (nSPS) is 11.1. The number of amides is 1. The Labute approximate surface area is 138 Å². The summed E-state index contributed by atoms with van der Waals surface area (Å²) in [6.07, 6.45) is 0. The molecule has 0 aliphatic rings. The van der Waals surface area contributed by atoms with E-state index in [4.69, 9.17) is 4.74 Å². The fourth-order valence-corrected chi connectivity index (χ4v) is 2.40. The van der Waals surface area contributed by atoms with E-state index in [-0.39, 0.29) is 12.5 Å². The van der Waals surface area contributed by atoms with Gasteiger partial charge in [0, 0.05) is 0 Å². The molecule has 0 aromatic heterocycles. The van der Waals surface area contributed by atoms with E-state index in [2.05, 4.69) is 26.5 Å². The second-order valence-electron chi connectivity index (χ2n) is 4.82. The van der Waals surface area contributed by atoms with Crippen molar-refractivity contribution < 1.29 is 9.53 Å². The number of carbonyl (C=O) groups excluding carboxylic acids is 1. The Morgan fingerprint density at radius 3 is 2.64 bits per heavy atom. The van der Waals surface area contributed by atoms with Gasteiger partial charge in [0.05, 0.1) is 10.2 Å². The Balaban J connectivity index is 1.88. The largest absolute Gasteiger partial charge is 0.483 e. The van der Waals surface area contributed by atoms with E-state index in [1.54, 1.807) is 0 Å². The van der Waals surface area contributed by atoms with Crippen molar-refractivity contribution in [3.8, 4) is 5.75 Å². The number of rotatable bonds is 5. The molecule has 0 radical (unpaired) electrons. The van der Waals surface area contributed by atoms with E-state index >= 15 is 0 Å². The lowest BCUT2D eigenvalue weighted by Crippen LogP contribution is -2.25. The number of halogens is 1. The monoisotopic (exact) mass is 360 g/mol.